The monoisotopic (exact) mass is 330 g/mol. The van der Waals surface area contributed by atoms with Gasteiger partial charge in [-0.1, -0.05) is 11.6 Å². The zero-order chi connectivity index (χ0) is 16.2. The van der Waals surface area contributed by atoms with E-state index in [0.29, 0.717) is 17.4 Å². The first-order valence-electron chi connectivity index (χ1n) is 7.58. The smallest absolute Gasteiger partial charge is 0.139 e. The van der Waals surface area contributed by atoms with Crippen LogP contribution in [0.2, 0.25) is 5.02 Å². The fraction of sp³-hybridized carbons (Fsp3) is 0.294. The van der Waals surface area contributed by atoms with Crippen molar-refractivity contribution >= 4 is 11.6 Å². The highest BCUT2D eigenvalue weighted by Crippen LogP contribution is 2.29. The first-order valence-corrected chi connectivity index (χ1v) is 7.96. The molecule has 120 valence electrons. The van der Waals surface area contributed by atoms with Crippen molar-refractivity contribution in [3.05, 3.63) is 53.6 Å². The van der Waals surface area contributed by atoms with Gasteiger partial charge in [0.15, 0.2) is 0 Å². The number of benzene rings is 1. The van der Waals surface area contributed by atoms with Crippen LogP contribution in [0.3, 0.4) is 0 Å². The lowest BCUT2D eigenvalue weighted by Gasteiger charge is -2.10. The molecule has 23 heavy (non-hydrogen) atoms. The molecule has 0 aliphatic carbocycles. The molecule has 2 aromatic heterocycles. The molecule has 0 atom stereocenters. The Balaban J connectivity index is 1.78. The third kappa shape index (κ3) is 3.56. The molecule has 0 N–H and O–H groups in total. The number of aromatic nitrogens is 4. The number of imidazole rings is 1. The van der Waals surface area contributed by atoms with Crippen LogP contribution in [0, 0.1) is 0 Å². The Hall–Kier alpha value is -2.27. The number of nitrogens with zero attached hydrogens (tertiary/aromatic N) is 4. The first kappa shape index (κ1) is 15.6. The number of hydrogen-bond donors (Lipinski definition) is 0. The molecule has 0 saturated carbocycles. The first-order chi connectivity index (χ1) is 11.2. The highest BCUT2D eigenvalue weighted by molar-refractivity contribution is 6.32. The van der Waals surface area contributed by atoms with Gasteiger partial charge in [-0.25, -0.2) is 4.98 Å². The van der Waals surface area contributed by atoms with E-state index in [0.717, 1.165) is 24.4 Å². The topological polar surface area (TPSA) is 44.9 Å². The zero-order valence-electron chi connectivity index (χ0n) is 13.2. The molecule has 0 radical (unpaired) electrons. The lowest BCUT2D eigenvalue weighted by Crippen LogP contribution is -2.02. The lowest BCUT2D eigenvalue weighted by atomic mass is 10.2. The Morgan fingerprint density at radius 3 is 2.87 bits per heavy atom. The fourth-order valence-electron chi connectivity index (χ4n) is 2.51. The fourth-order valence-corrected chi connectivity index (χ4v) is 2.75. The quantitative estimate of drug-likeness (QED) is 0.694. The van der Waals surface area contributed by atoms with E-state index in [4.69, 9.17) is 16.3 Å². The van der Waals surface area contributed by atoms with Crippen LogP contribution in [-0.4, -0.2) is 25.9 Å². The maximum Gasteiger partial charge on any atom is 0.139 e. The summed E-state index contributed by atoms with van der Waals surface area (Å²) >= 11 is 6.28. The molecule has 3 aromatic rings. The summed E-state index contributed by atoms with van der Waals surface area (Å²) in [5.41, 5.74) is 2.19. The van der Waals surface area contributed by atoms with Crippen molar-refractivity contribution in [2.24, 2.45) is 7.05 Å². The van der Waals surface area contributed by atoms with Crippen LogP contribution in [0.1, 0.15) is 12.5 Å². The van der Waals surface area contributed by atoms with Crippen molar-refractivity contribution in [3.63, 3.8) is 0 Å². The Kier molecular flexibility index (Phi) is 4.67. The van der Waals surface area contributed by atoms with E-state index in [9.17, 15) is 0 Å². The Morgan fingerprint density at radius 2 is 2.17 bits per heavy atom. The van der Waals surface area contributed by atoms with Crippen molar-refractivity contribution in [3.8, 4) is 17.1 Å². The number of hydrogen-bond acceptors (Lipinski definition) is 3. The number of aryl methyl sites for hydroxylation is 3. The van der Waals surface area contributed by atoms with E-state index in [-0.39, 0.29) is 0 Å². The number of rotatable bonds is 6. The van der Waals surface area contributed by atoms with Crippen molar-refractivity contribution in [2.75, 3.05) is 6.61 Å². The van der Waals surface area contributed by atoms with Crippen LogP contribution < -0.4 is 4.74 Å². The highest BCUT2D eigenvalue weighted by Gasteiger charge is 2.10. The Labute approximate surface area is 140 Å². The second-order valence-electron chi connectivity index (χ2n) is 5.29. The summed E-state index contributed by atoms with van der Waals surface area (Å²) in [6.45, 7) is 3.38. The van der Waals surface area contributed by atoms with E-state index in [1.807, 2.05) is 61.6 Å². The van der Waals surface area contributed by atoms with Gasteiger partial charge in [-0.2, -0.15) is 5.10 Å². The third-order valence-corrected chi connectivity index (χ3v) is 3.90. The molecule has 1 aromatic carbocycles. The van der Waals surface area contributed by atoms with Crippen molar-refractivity contribution in [2.45, 2.75) is 19.9 Å². The van der Waals surface area contributed by atoms with Crippen molar-refractivity contribution < 1.29 is 4.74 Å². The summed E-state index contributed by atoms with van der Waals surface area (Å²) in [6.07, 6.45) is 8.62. The van der Waals surface area contributed by atoms with Gasteiger partial charge in [0, 0.05) is 37.7 Å². The summed E-state index contributed by atoms with van der Waals surface area (Å²) in [5, 5.41) is 4.80. The van der Waals surface area contributed by atoms with Gasteiger partial charge in [-0.15, -0.1) is 0 Å². The van der Waals surface area contributed by atoms with Crippen LogP contribution in [0.4, 0.5) is 0 Å². The standard InChI is InChI=1S/C17H19ClN4O/c1-3-23-16-5-4-14(10-15(16)18)17-19-7-9-22(17)8-6-13-11-20-21(2)12-13/h4-5,7,9-12H,3,6,8H2,1-2H3. The molecule has 0 saturated heterocycles. The zero-order valence-corrected chi connectivity index (χ0v) is 14.0. The van der Waals surface area contributed by atoms with Gasteiger partial charge in [-0.05, 0) is 37.1 Å². The normalized spacial score (nSPS) is 10.9. The maximum atomic E-state index is 6.28. The molecule has 5 nitrogen and oxygen atoms in total. The van der Waals surface area contributed by atoms with E-state index in [1.165, 1.54) is 5.56 Å². The maximum absolute atomic E-state index is 6.28. The van der Waals surface area contributed by atoms with Gasteiger partial charge >= 0.3 is 0 Å². The molecule has 6 heteroatoms. The molecule has 0 aliphatic rings. The summed E-state index contributed by atoms with van der Waals surface area (Å²) in [5.74, 6) is 1.60. The molecular weight excluding hydrogens is 312 g/mol. The van der Waals surface area contributed by atoms with Gasteiger partial charge in [-0.3, -0.25) is 4.68 Å². The van der Waals surface area contributed by atoms with Crippen LogP contribution in [0.15, 0.2) is 43.0 Å². The predicted octanol–water partition coefficient (Wildman–Crippen LogP) is 3.58. The van der Waals surface area contributed by atoms with Crippen LogP contribution in [0.5, 0.6) is 5.75 Å². The third-order valence-electron chi connectivity index (χ3n) is 3.61. The summed E-state index contributed by atoms with van der Waals surface area (Å²) in [6, 6.07) is 5.77. The highest BCUT2D eigenvalue weighted by atomic mass is 35.5. The molecule has 0 aliphatic heterocycles. The van der Waals surface area contributed by atoms with E-state index >= 15 is 0 Å². The molecule has 0 amide bonds. The van der Waals surface area contributed by atoms with Crippen LogP contribution in [-0.2, 0) is 20.0 Å². The van der Waals surface area contributed by atoms with E-state index in [2.05, 4.69) is 14.6 Å². The van der Waals surface area contributed by atoms with Gasteiger partial charge in [0.2, 0.25) is 0 Å². The Bertz CT molecular complexity index is 793. The number of halogens is 1. The molecule has 0 fully saturated rings. The minimum atomic E-state index is 0.596. The average molecular weight is 331 g/mol. The summed E-state index contributed by atoms with van der Waals surface area (Å²) < 4.78 is 9.42. The van der Waals surface area contributed by atoms with Gasteiger partial charge in [0.05, 0.1) is 17.8 Å². The number of ether oxygens (including phenoxy) is 1. The van der Waals surface area contributed by atoms with Crippen molar-refractivity contribution in [1.29, 1.82) is 0 Å². The molecule has 0 spiro atoms. The van der Waals surface area contributed by atoms with Crippen LogP contribution in [0.25, 0.3) is 11.4 Å². The van der Waals surface area contributed by atoms with Crippen LogP contribution >= 0.6 is 11.6 Å². The SMILES string of the molecule is CCOc1ccc(-c2nccn2CCc2cnn(C)c2)cc1Cl. The Morgan fingerprint density at radius 1 is 1.30 bits per heavy atom. The summed E-state index contributed by atoms with van der Waals surface area (Å²) in [7, 11) is 1.92. The molecule has 2 heterocycles. The summed E-state index contributed by atoms with van der Waals surface area (Å²) in [4.78, 5) is 4.46. The molecule has 0 unspecified atom stereocenters. The van der Waals surface area contributed by atoms with Crippen molar-refractivity contribution in [1.82, 2.24) is 19.3 Å². The van der Waals surface area contributed by atoms with E-state index < -0.39 is 0 Å². The van der Waals surface area contributed by atoms with E-state index in [1.54, 1.807) is 0 Å². The van der Waals surface area contributed by atoms with Gasteiger partial charge < -0.3 is 9.30 Å². The second-order valence-corrected chi connectivity index (χ2v) is 5.70. The molecule has 0 bridgehead atoms. The van der Waals surface area contributed by atoms with Gasteiger partial charge in [0.1, 0.15) is 11.6 Å². The predicted molar refractivity (Wildman–Crippen MR) is 90.8 cm³/mol. The van der Waals surface area contributed by atoms with Gasteiger partial charge in [0.25, 0.3) is 0 Å². The lowest BCUT2D eigenvalue weighted by molar-refractivity contribution is 0.340. The minimum absolute atomic E-state index is 0.596. The minimum Gasteiger partial charge on any atom is -0.492 e. The largest absolute Gasteiger partial charge is 0.492 e. The molecular formula is C17H19ClN4O. The molecule has 3 rings (SSSR count). The second kappa shape index (κ2) is 6.87. The average Bonchev–Trinajstić information content (AvgIpc) is 3.16.